The second kappa shape index (κ2) is 5.41. The van der Waals surface area contributed by atoms with E-state index >= 15 is 0 Å². The summed E-state index contributed by atoms with van der Waals surface area (Å²) in [6.45, 7) is 5.10. The Morgan fingerprint density at radius 2 is 2.00 bits per heavy atom. The number of ether oxygens (including phenoxy) is 1. The molecule has 0 unspecified atom stereocenters. The summed E-state index contributed by atoms with van der Waals surface area (Å²) in [6, 6.07) is 0. The molecule has 4 rings (SSSR count). The SMILES string of the molecule is COC[C@]1(O)CC[C@]2(C)C3=CC[C@]4(C)C(=O)CC[C@H]4[C@@H]3CC[C@@H]2C1. The van der Waals surface area contributed by atoms with Crippen LogP contribution in [0.4, 0.5) is 0 Å². The lowest BCUT2D eigenvalue weighted by Crippen LogP contribution is -2.52. The van der Waals surface area contributed by atoms with Gasteiger partial charge in [-0.3, -0.25) is 4.79 Å². The fourth-order valence-electron chi connectivity index (χ4n) is 6.78. The van der Waals surface area contributed by atoms with Crippen LogP contribution in [0.1, 0.15) is 65.2 Å². The van der Waals surface area contributed by atoms with E-state index in [1.807, 2.05) is 0 Å². The molecule has 3 fully saturated rings. The van der Waals surface area contributed by atoms with Gasteiger partial charge in [0.05, 0.1) is 12.2 Å². The Morgan fingerprint density at radius 1 is 1.21 bits per heavy atom. The van der Waals surface area contributed by atoms with Crippen LogP contribution in [0.5, 0.6) is 0 Å². The summed E-state index contributed by atoms with van der Waals surface area (Å²) in [5.74, 6) is 2.20. The van der Waals surface area contributed by atoms with Crippen LogP contribution in [0.3, 0.4) is 0 Å². The van der Waals surface area contributed by atoms with E-state index in [-0.39, 0.29) is 10.8 Å². The van der Waals surface area contributed by atoms with Crippen molar-refractivity contribution in [2.24, 2.45) is 28.6 Å². The number of aliphatic hydroxyl groups is 1. The van der Waals surface area contributed by atoms with E-state index < -0.39 is 5.60 Å². The lowest BCUT2D eigenvalue weighted by molar-refractivity contribution is -0.128. The van der Waals surface area contributed by atoms with Crippen molar-refractivity contribution in [2.75, 3.05) is 13.7 Å². The van der Waals surface area contributed by atoms with Gasteiger partial charge in [-0.1, -0.05) is 25.5 Å². The molecular weight excluding hydrogens is 300 g/mol. The van der Waals surface area contributed by atoms with E-state index in [1.165, 1.54) is 12.8 Å². The lowest BCUT2D eigenvalue weighted by Gasteiger charge is -2.57. The molecule has 3 heteroatoms. The number of rotatable bonds is 2. The molecule has 4 aliphatic rings. The van der Waals surface area contributed by atoms with Crippen LogP contribution < -0.4 is 0 Å². The Balaban J connectivity index is 1.63. The van der Waals surface area contributed by atoms with Gasteiger partial charge in [-0.15, -0.1) is 0 Å². The first-order valence-corrected chi connectivity index (χ1v) is 9.78. The summed E-state index contributed by atoms with van der Waals surface area (Å²) in [6.07, 6.45) is 10.4. The Morgan fingerprint density at radius 3 is 2.75 bits per heavy atom. The first-order chi connectivity index (χ1) is 11.3. The maximum atomic E-state index is 12.4. The van der Waals surface area contributed by atoms with E-state index in [9.17, 15) is 9.90 Å². The van der Waals surface area contributed by atoms with Gasteiger partial charge in [0.15, 0.2) is 0 Å². The molecule has 1 N–H and O–H groups in total. The third kappa shape index (κ3) is 2.20. The van der Waals surface area contributed by atoms with Crippen molar-refractivity contribution in [1.29, 1.82) is 0 Å². The molecule has 0 radical (unpaired) electrons. The van der Waals surface area contributed by atoms with Crippen molar-refractivity contribution in [3.63, 3.8) is 0 Å². The standard InChI is InChI=1S/C21H32O3/c1-19-10-11-21(23,13-24-3)12-14(19)4-5-15-16-6-7-18(22)20(16,2)9-8-17(15)19/h8,14-16,23H,4-7,9-13H2,1-3H3/t14-,15+,16+,19+,20+,21+/m1/s1. The number of ketones is 1. The van der Waals surface area contributed by atoms with E-state index in [4.69, 9.17) is 4.74 Å². The number of Topliss-reactive ketones (excluding diaryl/α,β-unsaturated/α-hetero) is 1. The molecule has 24 heavy (non-hydrogen) atoms. The number of allylic oxidation sites excluding steroid dienone is 2. The largest absolute Gasteiger partial charge is 0.387 e. The van der Waals surface area contributed by atoms with Gasteiger partial charge in [0.1, 0.15) is 5.78 Å². The molecule has 134 valence electrons. The number of carbonyl (C=O) groups excluding carboxylic acids is 1. The molecule has 0 amide bonds. The minimum atomic E-state index is -0.640. The van der Waals surface area contributed by atoms with Gasteiger partial charge in [-0.25, -0.2) is 0 Å². The number of hydrogen-bond acceptors (Lipinski definition) is 3. The molecule has 4 aliphatic carbocycles. The summed E-state index contributed by atoms with van der Waals surface area (Å²) in [4.78, 5) is 12.4. The molecular formula is C21H32O3. The lowest BCUT2D eigenvalue weighted by atomic mass is 9.48. The number of fused-ring (bicyclic) bond motifs is 5. The first-order valence-electron chi connectivity index (χ1n) is 9.78. The van der Waals surface area contributed by atoms with Crippen LogP contribution in [0.2, 0.25) is 0 Å². The summed E-state index contributed by atoms with van der Waals surface area (Å²) in [7, 11) is 1.68. The van der Waals surface area contributed by atoms with Gasteiger partial charge in [0, 0.05) is 18.9 Å². The van der Waals surface area contributed by atoms with E-state index in [2.05, 4.69) is 19.9 Å². The van der Waals surface area contributed by atoms with Crippen LogP contribution in [0.25, 0.3) is 0 Å². The average Bonchev–Trinajstić information content (AvgIpc) is 2.84. The predicted molar refractivity (Wildman–Crippen MR) is 93.5 cm³/mol. The van der Waals surface area contributed by atoms with Crippen molar-refractivity contribution in [1.82, 2.24) is 0 Å². The zero-order chi connectivity index (χ0) is 17.2. The molecule has 0 aromatic rings. The second-order valence-corrected chi connectivity index (χ2v) is 9.51. The summed E-state index contributed by atoms with van der Waals surface area (Å²) in [5, 5.41) is 10.9. The second-order valence-electron chi connectivity index (χ2n) is 9.51. The van der Waals surface area contributed by atoms with Crippen molar-refractivity contribution < 1.29 is 14.6 Å². The molecule has 0 bridgehead atoms. The van der Waals surface area contributed by atoms with Crippen molar-refractivity contribution in [3.8, 4) is 0 Å². The third-order valence-corrected chi connectivity index (χ3v) is 8.30. The maximum absolute atomic E-state index is 12.4. The number of methoxy groups -OCH3 is 1. The molecule has 6 atom stereocenters. The Kier molecular flexibility index (Phi) is 3.78. The maximum Gasteiger partial charge on any atom is 0.139 e. The van der Waals surface area contributed by atoms with Gasteiger partial charge >= 0.3 is 0 Å². The minimum Gasteiger partial charge on any atom is -0.387 e. The highest BCUT2D eigenvalue weighted by molar-refractivity contribution is 5.87. The van der Waals surface area contributed by atoms with E-state index in [0.717, 1.165) is 38.5 Å². The molecule has 0 aromatic heterocycles. The normalized spacial score (nSPS) is 50.8. The molecule has 3 saturated carbocycles. The highest BCUT2D eigenvalue weighted by atomic mass is 16.5. The molecule has 0 aromatic carbocycles. The smallest absolute Gasteiger partial charge is 0.139 e. The van der Waals surface area contributed by atoms with Gasteiger partial charge in [-0.2, -0.15) is 0 Å². The highest BCUT2D eigenvalue weighted by Crippen LogP contribution is 2.64. The fraction of sp³-hybridized carbons (Fsp3) is 0.857. The van der Waals surface area contributed by atoms with Gasteiger partial charge in [0.25, 0.3) is 0 Å². The minimum absolute atomic E-state index is 0.0944. The van der Waals surface area contributed by atoms with Gasteiger partial charge in [-0.05, 0) is 68.1 Å². The summed E-state index contributed by atoms with van der Waals surface area (Å²) >= 11 is 0. The fourth-order valence-corrected chi connectivity index (χ4v) is 6.78. The number of hydrogen-bond donors (Lipinski definition) is 1. The van der Waals surface area contributed by atoms with E-state index in [1.54, 1.807) is 12.7 Å². The Bertz CT molecular complexity index is 582. The van der Waals surface area contributed by atoms with Crippen LogP contribution >= 0.6 is 0 Å². The topological polar surface area (TPSA) is 46.5 Å². The van der Waals surface area contributed by atoms with Crippen molar-refractivity contribution >= 4 is 5.78 Å². The average molecular weight is 332 g/mol. The highest BCUT2D eigenvalue weighted by Gasteiger charge is 2.58. The predicted octanol–water partition coefficient (Wildman–Crippen LogP) is 3.90. The zero-order valence-corrected chi connectivity index (χ0v) is 15.4. The van der Waals surface area contributed by atoms with Crippen LogP contribution in [0.15, 0.2) is 11.6 Å². The zero-order valence-electron chi connectivity index (χ0n) is 15.4. The molecule has 0 aliphatic heterocycles. The van der Waals surface area contributed by atoms with E-state index in [0.29, 0.717) is 30.1 Å². The molecule has 0 spiro atoms. The van der Waals surface area contributed by atoms with Gasteiger partial charge in [0.2, 0.25) is 0 Å². The summed E-state index contributed by atoms with van der Waals surface area (Å²) < 4.78 is 5.28. The Hall–Kier alpha value is -0.670. The van der Waals surface area contributed by atoms with Gasteiger partial charge < -0.3 is 9.84 Å². The Labute approximate surface area is 145 Å². The van der Waals surface area contributed by atoms with Crippen molar-refractivity contribution in [2.45, 2.75) is 70.8 Å². The van der Waals surface area contributed by atoms with Crippen LogP contribution in [-0.2, 0) is 9.53 Å². The van der Waals surface area contributed by atoms with Crippen LogP contribution in [-0.4, -0.2) is 30.2 Å². The molecule has 0 saturated heterocycles. The van der Waals surface area contributed by atoms with Crippen molar-refractivity contribution in [3.05, 3.63) is 11.6 Å². The first kappa shape index (κ1) is 16.8. The third-order valence-electron chi connectivity index (χ3n) is 8.30. The summed E-state index contributed by atoms with van der Waals surface area (Å²) in [5.41, 5.74) is 1.12. The molecule has 0 heterocycles. The number of carbonyl (C=O) groups is 1. The van der Waals surface area contributed by atoms with Crippen LogP contribution in [0, 0.1) is 28.6 Å². The quantitative estimate of drug-likeness (QED) is 0.780. The molecule has 3 nitrogen and oxygen atoms in total. The monoisotopic (exact) mass is 332 g/mol.